The highest BCUT2D eigenvalue weighted by Gasteiger charge is 2.05. The Bertz CT molecular complexity index is 815. The molecule has 0 saturated carbocycles. The molecule has 3 rings (SSSR count). The predicted molar refractivity (Wildman–Crippen MR) is 87.2 cm³/mol. The molecular formula is C17H14N4S. The van der Waals surface area contributed by atoms with E-state index in [0.29, 0.717) is 5.56 Å². The minimum Gasteiger partial charge on any atom is -0.312 e. The summed E-state index contributed by atoms with van der Waals surface area (Å²) in [5.74, 6) is 0.840. The monoisotopic (exact) mass is 306 g/mol. The first-order valence-corrected chi connectivity index (χ1v) is 7.82. The van der Waals surface area contributed by atoms with Gasteiger partial charge in [-0.3, -0.25) is 0 Å². The number of benzene rings is 2. The molecule has 0 N–H and O–H groups in total. The molecule has 0 aliphatic rings. The summed E-state index contributed by atoms with van der Waals surface area (Å²) in [6.07, 6.45) is 1.70. The first-order valence-electron chi connectivity index (χ1n) is 6.83. The van der Waals surface area contributed by atoms with Crippen molar-refractivity contribution in [3.8, 4) is 17.2 Å². The van der Waals surface area contributed by atoms with E-state index in [1.165, 1.54) is 5.56 Å². The van der Waals surface area contributed by atoms with E-state index < -0.39 is 0 Å². The molecule has 3 aromatic rings. The van der Waals surface area contributed by atoms with Gasteiger partial charge in [0.25, 0.3) is 0 Å². The standard InChI is InChI=1S/C17H14N4S/c1-21-12-19-20-17(21)22-11-13-6-8-14(9-7-13)16-5-3-2-4-15(16)10-18/h2-9,12H,11H2,1H3. The lowest BCUT2D eigenvalue weighted by molar-refractivity contribution is 0.788. The van der Waals surface area contributed by atoms with Crippen molar-refractivity contribution >= 4 is 11.8 Å². The van der Waals surface area contributed by atoms with E-state index >= 15 is 0 Å². The average Bonchev–Trinajstić information content (AvgIpc) is 2.98. The summed E-state index contributed by atoms with van der Waals surface area (Å²) in [5.41, 5.74) is 3.94. The first kappa shape index (κ1) is 14.4. The average molecular weight is 306 g/mol. The van der Waals surface area contributed by atoms with Gasteiger partial charge in [0.2, 0.25) is 0 Å². The molecule has 0 spiro atoms. The van der Waals surface area contributed by atoms with Gasteiger partial charge < -0.3 is 4.57 Å². The van der Waals surface area contributed by atoms with Crippen LogP contribution in [-0.2, 0) is 12.8 Å². The first-order chi connectivity index (χ1) is 10.8. The quantitative estimate of drug-likeness (QED) is 0.690. The number of hydrogen-bond donors (Lipinski definition) is 0. The maximum Gasteiger partial charge on any atom is 0.191 e. The molecule has 0 aliphatic carbocycles. The molecule has 5 heteroatoms. The minimum absolute atomic E-state index is 0.698. The van der Waals surface area contributed by atoms with Crippen LogP contribution in [0.1, 0.15) is 11.1 Å². The number of hydrogen-bond acceptors (Lipinski definition) is 4. The fourth-order valence-electron chi connectivity index (χ4n) is 2.16. The van der Waals surface area contributed by atoms with Crippen molar-refractivity contribution in [1.29, 1.82) is 5.26 Å². The minimum atomic E-state index is 0.698. The Morgan fingerprint density at radius 2 is 1.91 bits per heavy atom. The van der Waals surface area contributed by atoms with Crippen LogP contribution in [0.15, 0.2) is 60.0 Å². The lowest BCUT2D eigenvalue weighted by Gasteiger charge is -2.06. The van der Waals surface area contributed by atoms with Crippen molar-refractivity contribution in [2.75, 3.05) is 0 Å². The van der Waals surface area contributed by atoms with Crippen LogP contribution in [0, 0.1) is 11.3 Å². The van der Waals surface area contributed by atoms with Crippen LogP contribution >= 0.6 is 11.8 Å². The van der Waals surface area contributed by atoms with Crippen molar-refractivity contribution in [1.82, 2.24) is 14.8 Å². The van der Waals surface area contributed by atoms with Crippen LogP contribution in [0.2, 0.25) is 0 Å². The normalized spacial score (nSPS) is 10.4. The molecule has 22 heavy (non-hydrogen) atoms. The van der Waals surface area contributed by atoms with Gasteiger partial charge in [-0.25, -0.2) is 0 Å². The molecule has 1 heterocycles. The number of aryl methyl sites for hydroxylation is 1. The zero-order valence-corrected chi connectivity index (χ0v) is 12.9. The van der Waals surface area contributed by atoms with Crippen LogP contribution < -0.4 is 0 Å². The number of nitrogens with zero attached hydrogens (tertiary/aromatic N) is 4. The fraction of sp³-hybridized carbons (Fsp3) is 0.118. The molecule has 0 bridgehead atoms. The van der Waals surface area contributed by atoms with Crippen molar-refractivity contribution < 1.29 is 0 Å². The number of rotatable bonds is 4. The lowest BCUT2D eigenvalue weighted by Crippen LogP contribution is -1.90. The van der Waals surface area contributed by atoms with Crippen LogP contribution in [0.5, 0.6) is 0 Å². The Morgan fingerprint density at radius 3 is 2.59 bits per heavy atom. The van der Waals surface area contributed by atoms with Crippen molar-refractivity contribution in [2.45, 2.75) is 10.9 Å². The third kappa shape index (κ3) is 3.02. The van der Waals surface area contributed by atoms with Gasteiger partial charge in [0.15, 0.2) is 5.16 Å². The molecule has 4 nitrogen and oxygen atoms in total. The molecule has 0 saturated heterocycles. The molecule has 2 aromatic carbocycles. The fourth-order valence-corrected chi connectivity index (χ4v) is 3.01. The van der Waals surface area contributed by atoms with Crippen molar-refractivity contribution in [3.63, 3.8) is 0 Å². The zero-order chi connectivity index (χ0) is 15.4. The van der Waals surface area contributed by atoms with Gasteiger partial charge in [0.1, 0.15) is 6.33 Å². The van der Waals surface area contributed by atoms with Crippen LogP contribution in [0.25, 0.3) is 11.1 Å². The highest BCUT2D eigenvalue weighted by atomic mass is 32.2. The summed E-state index contributed by atoms with van der Waals surface area (Å²) in [6.45, 7) is 0. The lowest BCUT2D eigenvalue weighted by atomic mass is 10.00. The van der Waals surface area contributed by atoms with Crippen LogP contribution in [0.4, 0.5) is 0 Å². The van der Waals surface area contributed by atoms with Gasteiger partial charge >= 0.3 is 0 Å². The second kappa shape index (κ2) is 6.46. The van der Waals surface area contributed by atoms with Gasteiger partial charge in [0, 0.05) is 12.8 Å². The van der Waals surface area contributed by atoms with Gasteiger partial charge in [-0.05, 0) is 22.8 Å². The van der Waals surface area contributed by atoms with E-state index in [0.717, 1.165) is 22.0 Å². The highest BCUT2D eigenvalue weighted by molar-refractivity contribution is 7.98. The molecule has 0 amide bonds. The van der Waals surface area contributed by atoms with E-state index in [9.17, 15) is 5.26 Å². The molecule has 0 aliphatic heterocycles. The Kier molecular flexibility index (Phi) is 4.22. The molecule has 0 fully saturated rings. The van der Waals surface area contributed by atoms with Gasteiger partial charge in [-0.1, -0.05) is 54.2 Å². The van der Waals surface area contributed by atoms with E-state index in [1.807, 2.05) is 35.9 Å². The summed E-state index contributed by atoms with van der Waals surface area (Å²) in [6, 6.07) is 18.2. The highest BCUT2D eigenvalue weighted by Crippen LogP contribution is 2.25. The second-order valence-corrected chi connectivity index (χ2v) is 5.81. The second-order valence-electron chi connectivity index (χ2n) is 4.87. The number of nitriles is 1. The van der Waals surface area contributed by atoms with Gasteiger partial charge in [-0.15, -0.1) is 10.2 Å². The van der Waals surface area contributed by atoms with Crippen LogP contribution in [-0.4, -0.2) is 14.8 Å². The SMILES string of the molecule is Cn1cnnc1SCc1ccc(-c2ccccc2C#N)cc1. The molecule has 1 aromatic heterocycles. The van der Waals surface area contributed by atoms with Gasteiger partial charge in [0.05, 0.1) is 11.6 Å². The van der Waals surface area contributed by atoms with E-state index in [4.69, 9.17) is 0 Å². The Hall–Kier alpha value is -2.58. The van der Waals surface area contributed by atoms with E-state index in [1.54, 1.807) is 18.1 Å². The predicted octanol–water partition coefficient (Wildman–Crippen LogP) is 3.65. The molecule has 108 valence electrons. The van der Waals surface area contributed by atoms with Gasteiger partial charge in [-0.2, -0.15) is 5.26 Å². The summed E-state index contributed by atoms with van der Waals surface area (Å²) in [5, 5.41) is 18.0. The maximum atomic E-state index is 9.18. The summed E-state index contributed by atoms with van der Waals surface area (Å²) >= 11 is 1.65. The van der Waals surface area contributed by atoms with Crippen molar-refractivity contribution in [2.24, 2.45) is 7.05 Å². The third-order valence-corrected chi connectivity index (χ3v) is 4.46. The smallest absolute Gasteiger partial charge is 0.191 e. The topological polar surface area (TPSA) is 54.5 Å². The number of aromatic nitrogens is 3. The van der Waals surface area contributed by atoms with E-state index in [2.05, 4.69) is 40.5 Å². The summed E-state index contributed by atoms with van der Waals surface area (Å²) in [7, 11) is 1.93. The molecular weight excluding hydrogens is 292 g/mol. The Morgan fingerprint density at radius 1 is 1.14 bits per heavy atom. The Labute approximate surface area is 133 Å². The zero-order valence-electron chi connectivity index (χ0n) is 12.1. The third-order valence-electron chi connectivity index (χ3n) is 3.35. The van der Waals surface area contributed by atoms with Crippen LogP contribution in [0.3, 0.4) is 0 Å². The Balaban J connectivity index is 1.76. The molecule has 0 radical (unpaired) electrons. The molecule has 0 atom stereocenters. The van der Waals surface area contributed by atoms with E-state index in [-0.39, 0.29) is 0 Å². The largest absolute Gasteiger partial charge is 0.312 e. The summed E-state index contributed by atoms with van der Waals surface area (Å²) in [4.78, 5) is 0. The van der Waals surface area contributed by atoms with Crippen molar-refractivity contribution in [3.05, 3.63) is 66.0 Å². The summed E-state index contributed by atoms with van der Waals surface area (Å²) < 4.78 is 1.90. The number of thioether (sulfide) groups is 1. The maximum absolute atomic E-state index is 9.18. The molecule has 0 unspecified atom stereocenters.